The van der Waals surface area contributed by atoms with Crippen molar-refractivity contribution in [3.8, 4) is 0 Å². The predicted molar refractivity (Wildman–Crippen MR) is 43.5 cm³/mol. The Bertz CT molecular complexity index is 253. The van der Waals surface area contributed by atoms with Crippen LogP contribution in [0.2, 0.25) is 0 Å². The molecule has 0 aromatic carbocycles. The first-order valence-corrected chi connectivity index (χ1v) is 3.09. The van der Waals surface area contributed by atoms with E-state index in [-0.39, 0.29) is 0 Å². The maximum atomic E-state index is 5.54. The molecule has 0 amide bonds. The van der Waals surface area contributed by atoms with Gasteiger partial charge in [0.1, 0.15) is 5.82 Å². The molecule has 0 saturated carbocycles. The Balaban J connectivity index is 3.27. The molecule has 2 heteroatoms. The van der Waals surface area contributed by atoms with Crippen LogP contribution in [0.25, 0.3) is 6.08 Å². The summed E-state index contributed by atoms with van der Waals surface area (Å²) < 4.78 is 0. The third-order valence-electron chi connectivity index (χ3n) is 1.50. The summed E-state index contributed by atoms with van der Waals surface area (Å²) in [6.07, 6.45) is 3.45. The van der Waals surface area contributed by atoms with Gasteiger partial charge in [-0.1, -0.05) is 12.7 Å². The molecule has 0 aliphatic rings. The molecule has 1 aromatic rings. The van der Waals surface area contributed by atoms with Gasteiger partial charge in [-0.3, -0.25) is 0 Å². The minimum absolute atomic E-state index is 0.581. The van der Waals surface area contributed by atoms with Crippen molar-refractivity contribution in [1.82, 2.24) is 4.98 Å². The molecule has 0 aliphatic carbocycles. The van der Waals surface area contributed by atoms with Crippen LogP contribution in [0, 0.1) is 6.92 Å². The van der Waals surface area contributed by atoms with Gasteiger partial charge in [0.15, 0.2) is 0 Å². The van der Waals surface area contributed by atoms with Crippen LogP contribution in [0.3, 0.4) is 0 Å². The number of nitrogens with two attached hydrogens (primary N) is 1. The van der Waals surface area contributed by atoms with Crippen LogP contribution in [0.5, 0.6) is 0 Å². The average Bonchev–Trinajstić information content (AvgIpc) is 1.95. The van der Waals surface area contributed by atoms with Gasteiger partial charge < -0.3 is 5.73 Å². The van der Waals surface area contributed by atoms with Crippen LogP contribution in [0.1, 0.15) is 11.1 Å². The molecule has 0 spiro atoms. The van der Waals surface area contributed by atoms with E-state index in [1.165, 1.54) is 0 Å². The highest BCUT2D eigenvalue weighted by molar-refractivity contribution is 5.57. The van der Waals surface area contributed by atoms with Gasteiger partial charge in [0, 0.05) is 6.20 Å². The standard InChI is InChI=1S/C8H10N2/c1-3-7-4-5-10-8(9)6(7)2/h3-5H,1H2,2H3,(H2,9,10). The fourth-order valence-corrected chi connectivity index (χ4v) is 0.789. The molecule has 2 nitrogen and oxygen atoms in total. The van der Waals surface area contributed by atoms with Gasteiger partial charge in [-0.15, -0.1) is 0 Å². The van der Waals surface area contributed by atoms with Crippen molar-refractivity contribution in [2.24, 2.45) is 0 Å². The Morgan fingerprint density at radius 3 is 2.90 bits per heavy atom. The Hall–Kier alpha value is -1.31. The molecule has 1 rings (SSSR count). The smallest absolute Gasteiger partial charge is 0.126 e. The zero-order chi connectivity index (χ0) is 7.56. The van der Waals surface area contributed by atoms with Crippen molar-refractivity contribution >= 4 is 11.9 Å². The lowest BCUT2D eigenvalue weighted by Gasteiger charge is -2.00. The third-order valence-corrected chi connectivity index (χ3v) is 1.50. The monoisotopic (exact) mass is 134 g/mol. The van der Waals surface area contributed by atoms with Gasteiger partial charge in [-0.25, -0.2) is 4.98 Å². The summed E-state index contributed by atoms with van der Waals surface area (Å²) in [5.41, 5.74) is 7.58. The van der Waals surface area contributed by atoms with E-state index in [0.717, 1.165) is 11.1 Å². The van der Waals surface area contributed by atoms with Crippen LogP contribution < -0.4 is 5.73 Å². The van der Waals surface area contributed by atoms with Crippen molar-refractivity contribution in [1.29, 1.82) is 0 Å². The lowest BCUT2D eigenvalue weighted by molar-refractivity contribution is 1.27. The molecule has 0 atom stereocenters. The molecule has 52 valence electrons. The van der Waals surface area contributed by atoms with Gasteiger partial charge >= 0.3 is 0 Å². The molecule has 0 saturated heterocycles. The quantitative estimate of drug-likeness (QED) is 0.633. The zero-order valence-corrected chi connectivity index (χ0v) is 5.96. The van der Waals surface area contributed by atoms with Gasteiger partial charge in [-0.2, -0.15) is 0 Å². The molecule has 0 radical (unpaired) electrons. The fourth-order valence-electron chi connectivity index (χ4n) is 0.789. The second-order valence-electron chi connectivity index (χ2n) is 2.11. The Kier molecular flexibility index (Phi) is 1.71. The largest absolute Gasteiger partial charge is 0.383 e. The second kappa shape index (κ2) is 2.52. The molecule has 1 heterocycles. The lowest BCUT2D eigenvalue weighted by atomic mass is 10.1. The molecular formula is C8H10N2. The van der Waals surface area contributed by atoms with Crippen molar-refractivity contribution in [2.45, 2.75) is 6.92 Å². The van der Waals surface area contributed by atoms with Crippen LogP contribution >= 0.6 is 0 Å². The summed E-state index contributed by atoms with van der Waals surface area (Å²) in [7, 11) is 0. The highest BCUT2D eigenvalue weighted by atomic mass is 14.8. The van der Waals surface area contributed by atoms with E-state index < -0.39 is 0 Å². The third kappa shape index (κ3) is 1.00. The predicted octanol–water partition coefficient (Wildman–Crippen LogP) is 1.62. The minimum Gasteiger partial charge on any atom is -0.383 e. The number of hydrogen-bond donors (Lipinski definition) is 1. The van der Waals surface area contributed by atoms with Crippen LogP contribution in [0.15, 0.2) is 18.8 Å². The maximum absolute atomic E-state index is 5.54. The van der Waals surface area contributed by atoms with Crippen molar-refractivity contribution in [3.05, 3.63) is 30.0 Å². The minimum atomic E-state index is 0.581. The number of anilines is 1. The van der Waals surface area contributed by atoms with E-state index in [1.54, 1.807) is 12.3 Å². The molecule has 10 heavy (non-hydrogen) atoms. The first kappa shape index (κ1) is 6.81. The molecule has 1 aromatic heterocycles. The molecule has 0 bridgehead atoms. The highest BCUT2D eigenvalue weighted by Gasteiger charge is 1.96. The van der Waals surface area contributed by atoms with E-state index in [2.05, 4.69) is 11.6 Å². The summed E-state index contributed by atoms with van der Waals surface area (Å²) in [6.45, 7) is 5.58. The van der Waals surface area contributed by atoms with Crippen molar-refractivity contribution in [2.75, 3.05) is 5.73 Å². The number of nitrogens with zero attached hydrogens (tertiary/aromatic N) is 1. The van der Waals surface area contributed by atoms with Crippen LogP contribution in [-0.2, 0) is 0 Å². The SMILES string of the molecule is C=Cc1ccnc(N)c1C. The van der Waals surface area contributed by atoms with Gasteiger partial charge in [0.25, 0.3) is 0 Å². The van der Waals surface area contributed by atoms with E-state index in [0.29, 0.717) is 5.82 Å². The molecule has 0 fully saturated rings. The fraction of sp³-hybridized carbons (Fsp3) is 0.125. The Morgan fingerprint density at radius 1 is 1.70 bits per heavy atom. The normalized spacial score (nSPS) is 9.30. The topological polar surface area (TPSA) is 38.9 Å². The summed E-state index contributed by atoms with van der Waals surface area (Å²) >= 11 is 0. The first-order chi connectivity index (χ1) is 4.75. The lowest BCUT2D eigenvalue weighted by Crippen LogP contribution is -1.94. The Morgan fingerprint density at radius 2 is 2.40 bits per heavy atom. The van der Waals surface area contributed by atoms with E-state index in [9.17, 15) is 0 Å². The van der Waals surface area contributed by atoms with Gasteiger partial charge in [0.05, 0.1) is 0 Å². The van der Waals surface area contributed by atoms with Crippen molar-refractivity contribution < 1.29 is 0 Å². The molecule has 2 N–H and O–H groups in total. The Labute approximate surface area is 60.4 Å². The highest BCUT2D eigenvalue weighted by Crippen LogP contribution is 2.12. The second-order valence-corrected chi connectivity index (χ2v) is 2.11. The number of hydrogen-bond acceptors (Lipinski definition) is 2. The van der Waals surface area contributed by atoms with Gasteiger partial charge in [0.2, 0.25) is 0 Å². The summed E-state index contributed by atoms with van der Waals surface area (Å²) in [5, 5.41) is 0. The van der Waals surface area contributed by atoms with E-state index in [1.807, 2.05) is 13.0 Å². The summed E-state index contributed by atoms with van der Waals surface area (Å²) in [6, 6.07) is 1.89. The van der Waals surface area contributed by atoms with Crippen LogP contribution in [0.4, 0.5) is 5.82 Å². The van der Waals surface area contributed by atoms with Crippen molar-refractivity contribution in [3.63, 3.8) is 0 Å². The average molecular weight is 134 g/mol. The summed E-state index contributed by atoms with van der Waals surface area (Å²) in [5.74, 6) is 0.581. The zero-order valence-electron chi connectivity index (χ0n) is 5.96. The first-order valence-electron chi connectivity index (χ1n) is 3.09. The molecular weight excluding hydrogens is 124 g/mol. The molecule has 0 unspecified atom stereocenters. The number of rotatable bonds is 1. The number of aromatic nitrogens is 1. The van der Waals surface area contributed by atoms with Gasteiger partial charge in [-0.05, 0) is 24.1 Å². The van der Waals surface area contributed by atoms with E-state index >= 15 is 0 Å². The maximum Gasteiger partial charge on any atom is 0.126 e. The number of pyridine rings is 1. The number of nitrogen functional groups attached to an aromatic ring is 1. The van der Waals surface area contributed by atoms with Crippen LogP contribution in [-0.4, -0.2) is 4.98 Å². The molecule has 0 aliphatic heterocycles. The summed E-state index contributed by atoms with van der Waals surface area (Å²) in [4.78, 5) is 3.92. The van der Waals surface area contributed by atoms with E-state index in [4.69, 9.17) is 5.73 Å².